The van der Waals surface area contributed by atoms with Gasteiger partial charge < -0.3 is 14.4 Å². The van der Waals surface area contributed by atoms with Crippen molar-refractivity contribution < 1.29 is 27.8 Å². The zero-order chi connectivity index (χ0) is 16.7. The fourth-order valence-electron chi connectivity index (χ4n) is 2.57. The first-order valence-corrected chi connectivity index (χ1v) is 6.67. The highest BCUT2D eigenvalue weighted by Gasteiger charge is 2.63. The van der Waals surface area contributed by atoms with Gasteiger partial charge in [-0.05, 0) is 19.9 Å². The van der Waals surface area contributed by atoms with Crippen LogP contribution in [0.25, 0.3) is 10.9 Å². The number of nitrogens with zero attached hydrogens (tertiary/aromatic N) is 1. The molecule has 0 fully saturated rings. The molecular formula is C15H16F3NO3. The van der Waals surface area contributed by atoms with E-state index in [9.17, 15) is 23.1 Å². The molecule has 0 spiro atoms. The molecular weight excluding hydrogens is 299 g/mol. The zero-order valence-corrected chi connectivity index (χ0v) is 12.4. The summed E-state index contributed by atoms with van der Waals surface area (Å²) in [5.74, 6) is -1.72. The molecule has 1 N–H and O–H groups in total. The van der Waals surface area contributed by atoms with Crippen LogP contribution in [-0.2, 0) is 22.2 Å². The van der Waals surface area contributed by atoms with Crippen molar-refractivity contribution in [3.05, 3.63) is 35.5 Å². The predicted octanol–water partition coefficient (Wildman–Crippen LogP) is 2.80. The van der Waals surface area contributed by atoms with Crippen molar-refractivity contribution in [2.75, 3.05) is 6.61 Å². The highest BCUT2D eigenvalue weighted by molar-refractivity contribution is 5.94. The summed E-state index contributed by atoms with van der Waals surface area (Å²) >= 11 is 0. The molecule has 0 radical (unpaired) electrons. The van der Waals surface area contributed by atoms with Gasteiger partial charge in [0, 0.05) is 29.2 Å². The first-order chi connectivity index (χ1) is 10.2. The zero-order valence-electron chi connectivity index (χ0n) is 12.4. The molecule has 0 amide bonds. The van der Waals surface area contributed by atoms with E-state index in [2.05, 4.69) is 4.74 Å². The molecule has 4 nitrogen and oxygen atoms in total. The van der Waals surface area contributed by atoms with Crippen LogP contribution in [-0.4, -0.2) is 28.4 Å². The number of aromatic nitrogens is 1. The average Bonchev–Trinajstić information content (AvgIpc) is 2.70. The normalized spacial score (nSPS) is 14.9. The summed E-state index contributed by atoms with van der Waals surface area (Å²) in [5, 5.41) is 10.5. The van der Waals surface area contributed by atoms with Gasteiger partial charge in [0.15, 0.2) is 0 Å². The maximum absolute atomic E-state index is 13.5. The molecule has 0 saturated carbocycles. The second kappa shape index (κ2) is 5.31. The third kappa shape index (κ3) is 2.16. The molecule has 0 unspecified atom stereocenters. The van der Waals surface area contributed by atoms with Crippen LogP contribution in [0.3, 0.4) is 0 Å². The maximum Gasteiger partial charge on any atom is 0.432 e. The van der Waals surface area contributed by atoms with Crippen molar-refractivity contribution in [2.24, 2.45) is 7.05 Å². The number of alkyl halides is 3. The topological polar surface area (TPSA) is 51.5 Å². The fraction of sp³-hybridized carbons (Fsp3) is 0.400. The number of hydrogen-bond acceptors (Lipinski definition) is 3. The van der Waals surface area contributed by atoms with Crippen LogP contribution in [0.5, 0.6) is 0 Å². The first kappa shape index (κ1) is 16.4. The van der Waals surface area contributed by atoms with Crippen LogP contribution >= 0.6 is 0 Å². The van der Waals surface area contributed by atoms with Crippen LogP contribution in [0.4, 0.5) is 13.2 Å². The van der Waals surface area contributed by atoms with Gasteiger partial charge in [0.2, 0.25) is 0 Å². The van der Waals surface area contributed by atoms with Gasteiger partial charge in [0.25, 0.3) is 5.60 Å². The Bertz CT molecular complexity index is 721. The lowest BCUT2D eigenvalue weighted by Gasteiger charge is -2.28. The number of halogens is 3. The molecule has 7 heteroatoms. The maximum atomic E-state index is 13.5. The number of hydrogen-bond donors (Lipinski definition) is 1. The first-order valence-electron chi connectivity index (χ1n) is 6.67. The Hall–Kier alpha value is -2.02. The SMILES string of the molecule is CCOC(=O)[C@@](O)(c1c(C)n(C)c2ccccc12)C(F)(F)F. The number of fused-ring (bicyclic) bond motifs is 1. The minimum atomic E-state index is -5.20. The number of ether oxygens (including phenoxy) is 1. The molecule has 1 heterocycles. The second-order valence-electron chi connectivity index (χ2n) is 4.97. The van der Waals surface area contributed by atoms with E-state index in [4.69, 9.17) is 0 Å². The molecule has 0 saturated heterocycles. The summed E-state index contributed by atoms with van der Waals surface area (Å²) in [4.78, 5) is 11.9. The number of rotatable bonds is 3. The van der Waals surface area contributed by atoms with Gasteiger partial charge in [-0.2, -0.15) is 13.2 Å². The third-order valence-corrected chi connectivity index (χ3v) is 3.74. The fourth-order valence-corrected chi connectivity index (χ4v) is 2.57. The number of esters is 1. The van der Waals surface area contributed by atoms with Crippen molar-refractivity contribution in [3.8, 4) is 0 Å². The van der Waals surface area contributed by atoms with Crippen LogP contribution in [0.2, 0.25) is 0 Å². The number of carbonyl (C=O) groups excluding carboxylic acids is 1. The molecule has 120 valence electrons. The average molecular weight is 315 g/mol. The summed E-state index contributed by atoms with van der Waals surface area (Å²) in [7, 11) is 1.57. The number of aliphatic hydroxyl groups is 1. The van der Waals surface area contributed by atoms with Crippen LogP contribution < -0.4 is 0 Å². The van der Waals surface area contributed by atoms with E-state index in [-0.39, 0.29) is 17.7 Å². The summed E-state index contributed by atoms with van der Waals surface area (Å²) < 4.78 is 46.5. The molecule has 1 aromatic carbocycles. The van der Waals surface area contributed by atoms with Crippen molar-refractivity contribution in [2.45, 2.75) is 25.6 Å². The Morgan fingerprint density at radius 2 is 1.91 bits per heavy atom. The lowest BCUT2D eigenvalue weighted by molar-refractivity contribution is -0.267. The Morgan fingerprint density at radius 3 is 2.45 bits per heavy atom. The van der Waals surface area contributed by atoms with E-state index < -0.39 is 23.3 Å². The highest BCUT2D eigenvalue weighted by Crippen LogP contribution is 2.45. The standard InChI is InChI=1S/C15H16F3NO3/c1-4-22-13(20)14(21,15(16,17)18)12-9(2)19(3)11-8-6-5-7-10(11)12/h5-8,21H,4H2,1-3H3/t14-/m0/s1. The molecule has 22 heavy (non-hydrogen) atoms. The summed E-state index contributed by atoms with van der Waals surface area (Å²) in [6, 6.07) is 6.27. The van der Waals surface area contributed by atoms with Crippen molar-refractivity contribution in [1.82, 2.24) is 4.57 Å². The van der Waals surface area contributed by atoms with Gasteiger partial charge >= 0.3 is 12.1 Å². The third-order valence-electron chi connectivity index (χ3n) is 3.74. The van der Waals surface area contributed by atoms with Gasteiger partial charge in [-0.25, -0.2) is 4.79 Å². The van der Waals surface area contributed by atoms with Crippen molar-refractivity contribution in [1.29, 1.82) is 0 Å². The highest BCUT2D eigenvalue weighted by atomic mass is 19.4. The van der Waals surface area contributed by atoms with E-state index in [1.807, 2.05) is 0 Å². The van der Waals surface area contributed by atoms with E-state index in [1.165, 1.54) is 24.5 Å². The van der Waals surface area contributed by atoms with E-state index in [0.29, 0.717) is 5.52 Å². The van der Waals surface area contributed by atoms with Crippen LogP contribution in [0.1, 0.15) is 18.2 Å². The molecule has 0 aliphatic heterocycles. The minimum Gasteiger partial charge on any atom is -0.463 e. The summed E-state index contributed by atoms with van der Waals surface area (Å²) in [6.07, 6.45) is -5.20. The Morgan fingerprint density at radius 1 is 1.32 bits per heavy atom. The van der Waals surface area contributed by atoms with Crippen LogP contribution in [0.15, 0.2) is 24.3 Å². The van der Waals surface area contributed by atoms with E-state index >= 15 is 0 Å². The number of benzene rings is 1. The number of para-hydroxylation sites is 1. The lowest BCUT2D eigenvalue weighted by Crippen LogP contribution is -2.50. The second-order valence-corrected chi connectivity index (χ2v) is 4.97. The van der Waals surface area contributed by atoms with Crippen molar-refractivity contribution >= 4 is 16.9 Å². The quantitative estimate of drug-likeness (QED) is 0.886. The Labute approximate surface area is 125 Å². The number of aryl methyl sites for hydroxylation is 1. The van der Waals surface area contributed by atoms with E-state index in [1.54, 1.807) is 25.2 Å². The summed E-state index contributed by atoms with van der Waals surface area (Å²) in [6.45, 7) is 2.54. The van der Waals surface area contributed by atoms with Crippen LogP contribution in [0, 0.1) is 6.92 Å². The molecule has 1 aromatic heterocycles. The Kier molecular flexibility index (Phi) is 3.95. The van der Waals surface area contributed by atoms with Gasteiger partial charge in [-0.3, -0.25) is 0 Å². The molecule has 2 aromatic rings. The lowest BCUT2D eigenvalue weighted by atomic mass is 9.90. The monoisotopic (exact) mass is 315 g/mol. The molecule has 0 aliphatic rings. The largest absolute Gasteiger partial charge is 0.463 e. The van der Waals surface area contributed by atoms with E-state index in [0.717, 1.165) is 0 Å². The summed E-state index contributed by atoms with van der Waals surface area (Å²) in [5.41, 5.74) is -3.55. The van der Waals surface area contributed by atoms with Gasteiger partial charge in [-0.1, -0.05) is 18.2 Å². The molecule has 1 atom stereocenters. The van der Waals surface area contributed by atoms with Gasteiger partial charge in [0.05, 0.1) is 6.61 Å². The van der Waals surface area contributed by atoms with Gasteiger partial charge in [-0.15, -0.1) is 0 Å². The number of carbonyl (C=O) groups is 1. The molecule has 0 aliphatic carbocycles. The van der Waals surface area contributed by atoms with Crippen molar-refractivity contribution in [3.63, 3.8) is 0 Å². The predicted molar refractivity (Wildman–Crippen MR) is 74.2 cm³/mol. The smallest absolute Gasteiger partial charge is 0.432 e. The van der Waals surface area contributed by atoms with Gasteiger partial charge in [0.1, 0.15) is 0 Å². The molecule has 0 bridgehead atoms. The minimum absolute atomic E-state index is 0.147. The Balaban J connectivity index is 2.85. The molecule has 2 rings (SSSR count).